The third kappa shape index (κ3) is 4.75. The molecule has 1 aromatic rings. The molecule has 10 heteroatoms. The molecule has 28 heavy (non-hydrogen) atoms. The topological polar surface area (TPSA) is 121 Å². The molecule has 1 amide bonds. The SMILES string of the molecule is CC1CC(CN2CCN(C(=O)OCc3cccc(C#N)c3)C2=N[N+](=O)[O-])CO1. The molecule has 0 aromatic heterocycles. The fourth-order valence-electron chi connectivity index (χ4n) is 3.43. The van der Waals surface area contributed by atoms with Crippen LogP contribution in [0, 0.1) is 27.4 Å². The van der Waals surface area contributed by atoms with Gasteiger partial charge >= 0.3 is 6.09 Å². The first-order valence-electron chi connectivity index (χ1n) is 8.99. The van der Waals surface area contributed by atoms with E-state index in [4.69, 9.17) is 14.7 Å². The van der Waals surface area contributed by atoms with Gasteiger partial charge in [-0.1, -0.05) is 12.1 Å². The Morgan fingerprint density at radius 2 is 2.32 bits per heavy atom. The molecule has 2 aliphatic rings. The lowest BCUT2D eigenvalue weighted by molar-refractivity contribution is -0.486. The number of hydrogen-bond acceptors (Lipinski definition) is 6. The molecule has 0 aliphatic carbocycles. The van der Waals surface area contributed by atoms with E-state index in [2.05, 4.69) is 5.10 Å². The van der Waals surface area contributed by atoms with Crippen LogP contribution in [0.1, 0.15) is 24.5 Å². The van der Waals surface area contributed by atoms with Gasteiger partial charge < -0.3 is 14.4 Å². The van der Waals surface area contributed by atoms with Gasteiger partial charge in [-0.15, -0.1) is 0 Å². The van der Waals surface area contributed by atoms with E-state index in [0.717, 1.165) is 6.42 Å². The van der Waals surface area contributed by atoms with E-state index in [-0.39, 0.29) is 31.1 Å². The minimum absolute atomic E-state index is 0.0136. The van der Waals surface area contributed by atoms with Crippen LogP contribution in [0.4, 0.5) is 4.79 Å². The van der Waals surface area contributed by atoms with E-state index in [1.54, 1.807) is 29.2 Å². The van der Waals surface area contributed by atoms with Crippen LogP contribution >= 0.6 is 0 Å². The van der Waals surface area contributed by atoms with Crippen LogP contribution < -0.4 is 0 Å². The van der Waals surface area contributed by atoms with E-state index in [1.165, 1.54) is 4.90 Å². The maximum absolute atomic E-state index is 12.5. The standard InChI is InChI=1S/C18H21N5O5/c1-13-7-16(12-27-13)10-21-5-6-22(17(21)20-23(25)26)18(24)28-11-15-4-2-3-14(8-15)9-19/h2-4,8,13,16H,5-7,10-12H2,1H3. The lowest BCUT2D eigenvalue weighted by Crippen LogP contribution is -2.40. The Bertz CT molecular complexity index is 821. The molecule has 0 N–H and O–H groups in total. The van der Waals surface area contributed by atoms with Crippen molar-refractivity contribution in [2.24, 2.45) is 11.0 Å². The first kappa shape index (κ1) is 19.6. The number of nitriles is 1. The van der Waals surface area contributed by atoms with Gasteiger partial charge in [0.2, 0.25) is 0 Å². The molecular formula is C18H21N5O5. The summed E-state index contributed by atoms with van der Waals surface area (Å²) in [7, 11) is 0. The summed E-state index contributed by atoms with van der Waals surface area (Å²) in [5.41, 5.74) is 1.12. The minimum Gasteiger partial charge on any atom is -0.444 e. The van der Waals surface area contributed by atoms with Crippen LogP contribution in [0.5, 0.6) is 0 Å². The molecule has 2 fully saturated rings. The number of guanidine groups is 1. The van der Waals surface area contributed by atoms with E-state index in [1.807, 2.05) is 13.0 Å². The molecule has 10 nitrogen and oxygen atoms in total. The molecular weight excluding hydrogens is 366 g/mol. The van der Waals surface area contributed by atoms with Crippen molar-refractivity contribution >= 4 is 12.1 Å². The molecule has 0 bridgehead atoms. The molecule has 3 rings (SSSR count). The van der Waals surface area contributed by atoms with Crippen molar-refractivity contribution in [1.82, 2.24) is 9.80 Å². The van der Waals surface area contributed by atoms with Gasteiger partial charge in [-0.05, 0) is 31.0 Å². The van der Waals surface area contributed by atoms with Crippen molar-refractivity contribution in [2.75, 3.05) is 26.2 Å². The summed E-state index contributed by atoms with van der Waals surface area (Å²) >= 11 is 0. The quantitative estimate of drug-likeness (QED) is 0.557. The summed E-state index contributed by atoms with van der Waals surface area (Å²) in [5.74, 6) is 0.219. The average Bonchev–Trinajstić information content (AvgIpc) is 3.26. The zero-order valence-corrected chi connectivity index (χ0v) is 15.5. The highest BCUT2D eigenvalue weighted by Crippen LogP contribution is 2.22. The number of amides is 1. The number of nitrogens with zero attached hydrogens (tertiary/aromatic N) is 5. The Labute approximate surface area is 162 Å². The number of hydrogen-bond donors (Lipinski definition) is 0. The molecule has 2 atom stereocenters. The monoisotopic (exact) mass is 387 g/mol. The summed E-state index contributed by atoms with van der Waals surface area (Å²) < 4.78 is 10.8. The molecule has 2 saturated heterocycles. The average molecular weight is 387 g/mol. The summed E-state index contributed by atoms with van der Waals surface area (Å²) in [6, 6.07) is 8.73. The fraction of sp³-hybridized carbons (Fsp3) is 0.500. The predicted molar refractivity (Wildman–Crippen MR) is 97.6 cm³/mol. The third-order valence-corrected chi connectivity index (χ3v) is 4.69. The van der Waals surface area contributed by atoms with Gasteiger partial charge in [-0.3, -0.25) is 0 Å². The van der Waals surface area contributed by atoms with E-state index >= 15 is 0 Å². The number of carbonyl (C=O) groups excluding carboxylic acids is 1. The van der Waals surface area contributed by atoms with Gasteiger partial charge in [-0.2, -0.15) is 5.26 Å². The van der Waals surface area contributed by atoms with Crippen molar-refractivity contribution < 1.29 is 19.3 Å². The lowest BCUT2D eigenvalue weighted by atomic mass is 10.1. The second-order valence-electron chi connectivity index (χ2n) is 6.85. The molecule has 148 valence electrons. The van der Waals surface area contributed by atoms with E-state index in [9.17, 15) is 14.9 Å². The van der Waals surface area contributed by atoms with E-state index < -0.39 is 11.1 Å². The highest BCUT2D eigenvalue weighted by Gasteiger charge is 2.37. The molecule has 1 aromatic carbocycles. The predicted octanol–water partition coefficient (Wildman–Crippen LogP) is 1.79. The highest BCUT2D eigenvalue weighted by molar-refractivity contribution is 5.95. The number of hydrazone groups is 1. The zero-order chi connectivity index (χ0) is 20.1. The van der Waals surface area contributed by atoms with Crippen LogP contribution in [0.15, 0.2) is 29.4 Å². The van der Waals surface area contributed by atoms with Crippen LogP contribution in [-0.2, 0) is 16.1 Å². The normalized spacial score (nSPS) is 23.1. The lowest BCUT2D eigenvalue weighted by Gasteiger charge is -2.21. The van der Waals surface area contributed by atoms with Crippen LogP contribution in [0.25, 0.3) is 0 Å². The number of ether oxygens (including phenoxy) is 2. The van der Waals surface area contributed by atoms with Gasteiger partial charge in [0.25, 0.3) is 5.96 Å². The molecule has 0 saturated carbocycles. The minimum atomic E-state index is -0.807. The highest BCUT2D eigenvalue weighted by atomic mass is 16.7. The van der Waals surface area contributed by atoms with Crippen LogP contribution in [0.2, 0.25) is 0 Å². The Kier molecular flexibility index (Phi) is 6.06. The smallest absolute Gasteiger partial charge is 0.417 e. The Morgan fingerprint density at radius 1 is 1.50 bits per heavy atom. The summed E-state index contributed by atoms with van der Waals surface area (Å²) in [6.07, 6.45) is 0.317. The number of rotatable bonds is 5. The van der Waals surface area contributed by atoms with Gasteiger partial charge in [-0.25, -0.2) is 19.8 Å². The van der Waals surface area contributed by atoms with Crippen molar-refractivity contribution in [3.05, 3.63) is 45.5 Å². The van der Waals surface area contributed by atoms with Gasteiger partial charge in [0, 0.05) is 19.0 Å². The Morgan fingerprint density at radius 3 is 3.00 bits per heavy atom. The molecule has 0 radical (unpaired) electrons. The molecule has 2 heterocycles. The van der Waals surface area contributed by atoms with Gasteiger partial charge in [0.15, 0.2) is 5.03 Å². The fourth-order valence-corrected chi connectivity index (χ4v) is 3.43. The second kappa shape index (κ2) is 8.67. The van der Waals surface area contributed by atoms with E-state index in [0.29, 0.717) is 30.8 Å². The maximum atomic E-state index is 12.5. The molecule has 2 unspecified atom stereocenters. The number of carbonyl (C=O) groups is 1. The maximum Gasteiger partial charge on any atom is 0.417 e. The zero-order valence-electron chi connectivity index (χ0n) is 15.5. The Balaban J connectivity index is 1.64. The van der Waals surface area contributed by atoms with Crippen molar-refractivity contribution in [2.45, 2.75) is 26.1 Å². The largest absolute Gasteiger partial charge is 0.444 e. The Hall–Kier alpha value is -3.19. The first-order chi connectivity index (χ1) is 13.5. The third-order valence-electron chi connectivity index (χ3n) is 4.69. The number of nitro groups is 1. The van der Waals surface area contributed by atoms with Crippen LogP contribution in [-0.4, -0.2) is 59.2 Å². The first-order valence-corrected chi connectivity index (χ1v) is 8.99. The number of benzene rings is 1. The molecule has 0 spiro atoms. The van der Waals surface area contributed by atoms with Crippen LogP contribution in [0.3, 0.4) is 0 Å². The van der Waals surface area contributed by atoms with Crippen molar-refractivity contribution in [1.29, 1.82) is 5.26 Å². The molecule has 2 aliphatic heterocycles. The van der Waals surface area contributed by atoms with Crippen molar-refractivity contribution in [3.8, 4) is 6.07 Å². The van der Waals surface area contributed by atoms with Crippen molar-refractivity contribution in [3.63, 3.8) is 0 Å². The second-order valence-corrected chi connectivity index (χ2v) is 6.85. The summed E-state index contributed by atoms with van der Waals surface area (Å²) in [4.78, 5) is 26.4. The van der Waals surface area contributed by atoms with Gasteiger partial charge in [0.05, 0.1) is 30.9 Å². The summed E-state index contributed by atoms with van der Waals surface area (Å²) in [5, 5.41) is 22.5. The van der Waals surface area contributed by atoms with Gasteiger partial charge in [0.1, 0.15) is 11.7 Å². The summed E-state index contributed by atoms with van der Waals surface area (Å²) in [6.45, 7) is 3.77.